The van der Waals surface area contributed by atoms with E-state index in [1.165, 1.54) is 12.1 Å². The lowest BCUT2D eigenvalue weighted by Crippen LogP contribution is -2.38. The lowest BCUT2D eigenvalue weighted by atomic mass is 10.1. The molecule has 20 heavy (non-hydrogen) atoms. The molecule has 0 aromatic heterocycles. The average Bonchev–Trinajstić information content (AvgIpc) is 2.36. The number of amides is 1. The Hall–Kier alpha value is -1.07. The summed E-state index contributed by atoms with van der Waals surface area (Å²) < 4.78 is 13.0. The normalized spacial score (nSPS) is 12.8. The second kappa shape index (κ2) is 8.27. The molecule has 3 nitrogen and oxygen atoms in total. The summed E-state index contributed by atoms with van der Waals surface area (Å²) in [5.41, 5.74) is 0.797. The SMILES string of the molecule is CC(C)SCCNC(=O)[C@H](c1ccc(F)cc1)N(C)C. The van der Waals surface area contributed by atoms with E-state index in [0.29, 0.717) is 11.8 Å². The molecule has 0 heterocycles. The maximum Gasteiger partial charge on any atom is 0.241 e. The van der Waals surface area contributed by atoms with Crippen LogP contribution in [-0.4, -0.2) is 42.4 Å². The van der Waals surface area contributed by atoms with Crippen molar-refractivity contribution in [3.05, 3.63) is 35.6 Å². The first-order valence-electron chi connectivity index (χ1n) is 6.73. The van der Waals surface area contributed by atoms with E-state index in [1.807, 2.05) is 30.8 Å². The molecule has 1 atom stereocenters. The van der Waals surface area contributed by atoms with Gasteiger partial charge in [-0.2, -0.15) is 11.8 Å². The van der Waals surface area contributed by atoms with E-state index < -0.39 is 0 Å². The quantitative estimate of drug-likeness (QED) is 0.786. The minimum atomic E-state index is -0.389. The van der Waals surface area contributed by atoms with Crippen LogP contribution in [0, 0.1) is 5.82 Å². The van der Waals surface area contributed by atoms with Crippen molar-refractivity contribution in [2.24, 2.45) is 0 Å². The number of likely N-dealkylation sites (N-methyl/N-ethyl adjacent to an activating group) is 1. The van der Waals surface area contributed by atoms with E-state index in [2.05, 4.69) is 19.2 Å². The highest BCUT2D eigenvalue weighted by Crippen LogP contribution is 2.19. The van der Waals surface area contributed by atoms with Gasteiger partial charge in [-0.05, 0) is 37.0 Å². The smallest absolute Gasteiger partial charge is 0.241 e. The molecule has 0 unspecified atom stereocenters. The van der Waals surface area contributed by atoms with Crippen LogP contribution in [0.1, 0.15) is 25.5 Å². The third kappa shape index (κ3) is 5.51. The fourth-order valence-corrected chi connectivity index (χ4v) is 2.59. The molecule has 1 aromatic rings. The first-order valence-corrected chi connectivity index (χ1v) is 7.78. The Morgan fingerprint density at radius 3 is 2.40 bits per heavy atom. The van der Waals surface area contributed by atoms with Crippen molar-refractivity contribution in [1.82, 2.24) is 10.2 Å². The predicted octanol–water partition coefficient (Wildman–Crippen LogP) is 2.69. The van der Waals surface area contributed by atoms with Gasteiger partial charge in [0.05, 0.1) is 0 Å². The highest BCUT2D eigenvalue weighted by Gasteiger charge is 2.22. The molecule has 0 saturated heterocycles. The van der Waals surface area contributed by atoms with Crippen LogP contribution in [0.15, 0.2) is 24.3 Å². The van der Waals surface area contributed by atoms with Gasteiger partial charge in [-0.15, -0.1) is 0 Å². The summed E-state index contributed by atoms with van der Waals surface area (Å²) in [5.74, 6) is 0.554. The highest BCUT2D eigenvalue weighted by atomic mass is 32.2. The van der Waals surface area contributed by atoms with Gasteiger partial charge in [-0.25, -0.2) is 4.39 Å². The molecule has 0 bridgehead atoms. The predicted molar refractivity (Wildman–Crippen MR) is 83.4 cm³/mol. The molecule has 5 heteroatoms. The summed E-state index contributed by atoms with van der Waals surface area (Å²) in [7, 11) is 3.69. The monoisotopic (exact) mass is 298 g/mol. The minimum Gasteiger partial charge on any atom is -0.354 e. The molecular weight excluding hydrogens is 275 g/mol. The Labute approximate surface area is 124 Å². The van der Waals surface area contributed by atoms with Crippen molar-refractivity contribution in [2.75, 3.05) is 26.4 Å². The summed E-state index contributed by atoms with van der Waals surface area (Å²) in [6.45, 7) is 4.91. The lowest BCUT2D eigenvalue weighted by molar-refractivity contribution is -0.125. The molecule has 0 aliphatic rings. The zero-order valence-corrected chi connectivity index (χ0v) is 13.3. The largest absolute Gasteiger partial charge is 0.354 e. The molecular formula is C15H23FN2OS. The second-order valence-electron chi connectivity index (χ2n) is 5.13. The third-order valence-electron chi connectivity index (χ3n) is 2.80. The molecule has 0 aliphatic carbocycles. The van der Waals surface area contributed by atoms with Crippen LogP contribution in [-0.2, 0) is 4.79 Å². The Bertz CT molecular complexity index is 420. The van der Waals surface area contributed by atoms with Crippen molar-refractivity contribution in [2.45, 2.75) is 25.1 Å². The molecule has 1 rings (SSSR count). The highest BCUT2D eigenvalue weighted by molar-refractivity contribution is 7.99. The Balaban J connectivity index is 2.62. The van der Waals surface area contributed by atoms with Crippen LogP contribution in [0.2, 0.25) is 0 Å². The fraction of sp³-hybridized carbons (Fsp3) is 0.533. The maximum absolute atomic E-state index is 13.0. The number of nitrogens with zero attached hydrogens (tertiary/aromatic N) is 1. The van der Waals surface area contributed by atoms with E-state index >= 15 is 0 Å². The fourth-order valence-electron chi connectivity index (χ4n) is 1.89. The minimum absolute atomic E-state index is 0.0500. The summed E-state index contributed by atoms with van der Waals surface area (Å²) in [4.78, 5) is 14.1. The summed E-state index contributed by atoms with van der Waals surface area (Å²) in [6, 6.07) is 5.69. The first-order chi connectivity index (χ1) is 9.41. The molecule has 0 spiro atoms. The van der Waals surface area contributed by atoms with Crippen molar-refractivity contribution >= 4 is 17.7 Å². The molecule has 0 aliphatic heterocycles. The van der Waals surface area contributed by atoms with Gasteiger partial charge in [-0.1, -0.05) is 26.0 Å². The van der Waals surface area contributed by atoms with Crippen LogP contribution < -0.4 is 5.32 Å². The number of rotatable bonds is 7. The number of hydrogen-bond donors (Lipinski definition) is 1. The van der Waals surface area contributed by atoms with Gasteiger partial charge in [0.25, 0.3) is 0 Å². The zero-order chi connectivity index (χ0) is 15.1. The van der Waals surface area contributed by atoms with Crippen molar-refractivity contribution in [1.29, 1.82) is 0 Å². The van der Waals surface area contributed by atoms with Crippen LogP contribution in [0.5, 0.6) is 0 Å². The van der Waals surface area contributed by atoms with Gasteiger partial charge in [0.15, 0.2) is 0 Å². The Kier molecular flexibility index (Phi) is 7.02. The number of benzene rings is 1. The van der Waals surface area contributed by atoms with Crippen LogP contribution >= 0.6 is 11.8 Å². The zero-order valence-electron chi connectivity index (χ0n) is 12.5. The van der Waals surface area contributed by atoms with Crippen LogP contribution in [0.3, 0.4) is 0 Å². The average molecular weight is 298 g/mol. The van der Waals surface area contributed by atoms with Gasteiger partial charge in [0.2, 0.25) is 5.91 Å². The standard InChI is InChI=1S/C15H23FN2OS/c1-11(2)20-10-9-17-15(19)14(18(3)4)12-5-7-13(16)8-6-12/h5-8,11,14H,9-10H2,1-4H3,(H,17,19)/t14-/m0/s1. The van der Waals surface area contributed by atoms with Gasteiger partial charge >= 0.3 is 0 Å². The molecule has 0 radical (unpaired) electrons. The summed E-state index contributed by atoms with van der Waals surface area (Å²) >= 11 is 1.81. The van der Waals surface area contributed by atoms with E-state index in [0.717, 1.165) is 11.3 Å². The number of hydrogen-bond acceptors (Lipinski definition) is 3. The molecule has 1 N–H and O–H groups in total. The maximum atomic E-state index is 13.0. The summed E-state index contributed by atoms with van der Waals surface area (Å²) in [5, 5.41) is 3.50. The third-order valence-corrected chi connectivity index (χ3v) is 3.91. The van der Waals surface area contributed by atoms with Gasteiger partial charge < -0.3 is 5.32 Å². The summed E-state index contributed by atoms with van der Waals surface area (Å²) in [6.07, 6.45) is 0. The van der Waals surface area contributed by atoms with E-state index in [-0.39, 0.29) is 17.8 Å². The number of thioether (sulfide) groups is 1. The molecule has 1 aromatic carbocycles. The first kappa shape index (κ1) is 17.0. The van der Waals surface area contributed by atoms with Gasteiger partial charge in [0.1, 0.15) is 11.9 Å². The van der Waals surface area contributed by atoms with Gasteiger partial charge in [0, 0.05) is 12.3 Å². The molecule has 0 fully saturated rings. The number of carbonyl (C=O) groups excluding carboxylic acids is 1. The van der Waals surface area contributed by atoms with Crippen molar-refractivity contribution in [3.63, 3.8) is 0 Å². The van der Waals surface area contributed by atoms with Crippen molar-refractivity contribution < 1.29 is 9.18 Å². The van der Waals surface area contributed by atoms with Crippen LogP contribution in [0.25, 0.3) is 0 Å². The molecule has 0 saturated carbocycles. The lowest BCUT2D eigenvalue weighted by Gasteiger charge is -2.24. The van der Waals surface area contributed by atoms with Crippen molar-refractivity contribution in [3.8, 4) is 0 Å². The number of halogens is 1. The number of nitrogens with one attached hydrogen (secondary N) is 1. The Morgan fingerprint density at radius 2 is 1.90 bits per heavy atom. The van der Waals surface area contributed by atoms with Gasteiger partial charge in [-0.3, -0.25) is 9.69 Å². The molecule has 1 amide bonds. The topological polar surface area (TPSA) is 32.3 Å². The van der Waals surface area contributed by atoms with E-state index in [9.17, 15) is 9.18 Å². The van der Waals surface area contributed by atoms with Crippen LogP contribution in [0.4, 0.5) is 4.39 Å². The van der Waals surface area contributed by atoms with E-state index in [1.54, 1.807) is 12.1 Å². The molecule has 112 valence electrons. The van der Waals surface area contributed by atoms with E-state index in [4.69, 9.17) is 0 Å². The number of carbonyl (C=O) groups is 1. The second-order valence-corrected chi connectivity index (χ2v) is 6.81. The Morgan fingerprint density at radius 1 is 1.30 bits per heavy atom.